The summed E-state index contributed by atoms with van der Waals surface area (Å²) < 4.78 is 39.6. The molecule has 0 aromatic carbocycles. The van der Waals surface area contributed by atoms with E-state index >= 15 is 0 Å². The Balaban J connectivity index is 0. The predicted octanol–water partition coefficient (Wildman–Crippen LogP) is 0.919. The maximum atomic E-state index is 9.90. The number of rotatable bonds is 0. The molecule has 6 heteroatoms. The van der Waals surface area contributed by atoms with E-state index in [1.165, 1.54) is 0 Å². The van der Waals surface area contributed by atoms with Crippen LogP contribution >= 0.6 is 0 Å². The van der Waals surface area contributed by atoms with Gasteiger partial charge in [-0.15, -0.1) is 0 Å². The molecule has 0 unspecified atom stereocenters. The normalized spacial score (nSPS) is 10.0. The molecule has 0 aromatic heterocycles. The van der Waals surface area contributed by atoms with Crippen LogP contribution in [0.3, 0.4) is 0 Å². The third-order valence-corrected chi connectivity index (χ3v) is 0. The summed E-state index contributed by atoms with van der Waals surface area (Å²) in [4.78, 5) is 0. The molecule has 0 saturated carbocycles. The molecule has 0 bridgehead atoms. The van der Waals surface area contributed by atoms with E-state index in [4.69, 9.17) is 0 Å². The molecule has 4 radical (unpaired) electrons. The first-order valence-corrected chi connectivity index (χ1v) is 5.07. The average Bonchev–Trinajstić information content (AvgIpc) is 0.722. The molecule has 0 nitrogen and oxygen atoms in total. The van der Waals surface area contributed by atoms with Crippen molar-refractivity contribution >= 4 is 44.6 Å². The van der Waals surface area contributed by atoms with Crippen molar-refractivity contribution in [3.8, 4) is 0 Å². The molecule has 6 heavy (non-hydrogen) atoms. The van der Waals surface area contributed by atoms with E-state index < -0.39 is 20.7 Å². The molecule has 0 aromatic rings. The fraction of sp³-hybridized carbons (Fsp3) is 0. The average molecular weight is 313 g/mol. The summed E-state index contributed by atoms with van der Waals surface area (Å²) in [6.07, 6.45) is 0. The number of hydrogen-bond donors (Lipinski definition) is 0. The van der Waals surface area contributed by atoms with Crippen LogP contribution in [0.15, 0.2) is 0 Å². The number of halogens is 4. The monoisotopic (exact) mass is 316 g/mol. The molecule has 0 N–H and O–H groups in total. The van der Waals surface area contributed by atoms with Crippen molar-refractivity contribution < 1.29 is 11.5 Å². The Labute approximate surface area is 55.8 Å². The van der Waals surface area contributed by atoms with Crippen molar-refractivity contribution in [3.63, 3.8) is 0 Å². The Kier molecular flexibility index (Phi) is 5.74. The van der Waals surface area contributed by atoms with Gasteiger partial charge in [0, 0.05) is 23.9 Å². The molecule has 0 rings (SSSR count). The third-order valence-electron chi connectivity index (χ3n) is 0. The van der Waals surface area contributed by atoms with Gasteiger partial charge >= 0.3 is 32.1 Å². The van der Waals surface area contributed by atoms with Crippen LogP contribution in [0.1, 0.15) is 0 Å². The second kappa shape index (κ2) is 3.34. The molecule has 0 aliphatic rings. The Morgan fingerprint density at radius 3 is 0.833 bits per heavy atom. The van der Waals surface area contributed by atoms with Crippen LogP contribution in [0.25, 0.3) is 0 Å². The van der Waals surface area contributed by atoms with E-state index in [9.17, 15) is 11.5 Å². The van der Waals surface area contributed by atoms with Crippen LogP contribution in [0.2, 0.25) is 0 Å². The quantitative estimate of drug-likeness (QED) is 0.461. The first-order chi connectivity index (χ1) is 2.00. The summed E-state index contributed by atoms with van der Waals surface area (Å²) in [6.45, 7) is 0. The Bertz CT molecular complexity index is 21.0. The molecule has 0 atom stereocenters. The van der Waals surface area contributed by atoms with Crippen molar-refractivity contribution in [1.29, 1.82) is 0 Å². The fourth-order valence-corrected chi connectivity index (χ4v) is 0. The van der Waals surface area contributed by atoms with E-state index in [1.807, 2.05) is 0 Å². The summed E-state index contributed by atoms with van der Waals surface area (Å²) in [5, 5.41) is 0. The fourth-order valence-electron chi connectivity index (χ4n) is 0. The van der Waals surface area contributed by atoms with Crippen molar-refractivity contribution in [2.45, 2.75) is 0 Å². The van der Waals surface area contributed by atoms with Gasteiger partial charge in [-0.25, -0.2) is 0 Å². The Morgan fingerprint density at radius 1 is 0.833 bits per heavy atom. The molecule has 0 aliphatic carbocycles. The standard InChI is InChI=1S/4FH.2Sn/h4*1H;;/q;;;;;+4/p-4. The zero-order valence-corrected chi connectivity index (χ0v) is 8.22. The van der Waals surface area contributed by atoms with Crippen LogP contribution in [0.5, 0.6) is 0 Å². The molecule has 0 fully saturated rings. The third kappa shape index (κ3) is 57.1. The van der Waals surface area contributed by atoms with E-state index in [0.717, 1.165) is 0 Å². The van der Waals surface area contributed by atoms with Crippen molar-refractivity contribution in [2.75, 3.05) is 0 Å². The molecular formula is F4Sn2. The van der Waals surface area contributed by atoms with Gasteiger partial charge < -0.3 is 0 Å². The molecule has 36 valence electrons. The van der Waals surface area contributed by atoms with Crippen molar-refractivity contribution in [2.24, 2.45) is 0 Å². The minimum atomic E-state index is -7.18. The summed E-state index contributed by atoms with van der Waals surface area (Å²) >= 11 is -7.18. The zero-order chi connectivity index (χ0) is 4.50. The van der Waals surface area contributed by atoms with Crippen LogP contribution in [-0.2, 0) is 0 Å². The molecule has 0 amide bonds. The van der Waals surface area contributed by atoms with E-state index in [0.29, 0.717) is 0 Å². The van der Waals surface area contributed by atoms with Gasteiger partial charge in [-0.1, -0.05) is 0 Å². The van der Waals surface area contributed by atoms with Crippen LogP contribution < -0.4 is 0 Å². The minimum Gasteiger partial charge on any atom is 0 e. The summed E-state index contributed by atoms with van der Waals surface area (Å²) in [5.41, 5.74) is 0. The van der Waals surface area contributed by atoms with Gasteiger partial charge in [-0.3, -0.25) is 0 Å². The topological polar surface area (TPSA) is 0 Å². The van der Waals surface area contributed by atoms with Crippen molar-refractivity contribution in [1.82, 2.24) is 0 Å². The van der Waals surface area contributed by atoms with Crippen LogP contribution in [0, 0.1) is 0 Å². The second-order valence-corrected chi connectivity index (χ2v) is 2.87. The van der Waals surface area contributed by atoms with Gasteiger partial charge in [0.15, 0.2) is 0 Å². The Hall–Kier alpha value is 1.32. The summed E-state index contributed by atoms with van der Waals surface area (Å²) in [6, 6.07) is 0. The summed E-state index contributed by atoms with van der Waals surface area (Å²) in [5.74, 6) is 0. The van der Waals surface area contributed by atoms with Gasteiger partial charge in [0.25, 0.3) is 0 Å². The molecule has 0 saturated heterocycles. The molecular weight excluding hydrogens is 313 g/mol. The van der Waals surface area contributed by atoms with Gasteiger partial charge in [0.1, 0.15) is 0 Å². The predicted molar refractivity (Wildman–Crippen MR) is 15.9 cm³/mol. The largest absolute Gasteiger partial charge is 0 e. The Morgan fingerprint density at radius 2 is 0.833 bits per heavy atom. The maximum absolute atomic E-state index is 9.90. The molecule has 0 aliphatic heterocycles. The first-order valence-electron chi connectivity index (χ1n) is 0.756. The number of hydrogen-bond acceptors (Lipinski definition) is 0. The van der Waals surface area contributed by atoms with E-state index in [2.05, 4.69) is 0 Å². The first kappa shape index (κ1) is 10.3. The molecule has 0 heterocycles. The molecule has 0 spiro atoms. The zero-order valence-electron chi connectivity index (χ0n) is 2.51. The smallest absolute Gasteiger partial charge is 0 e. The minimum absolute atomic E-state index is 0. The van der Waals surface area contributed by atoms with Crippen molar-refractivity contribution in [3.05, 3.63) is 0 Å². The van der Waals surface area contributed by atoms with Crippen LogP contribution in [-0.4, -0.2) is 44.6 Å². The SMILES string of the molecule is [F][Sn]([F])([F])[F].[Sn]. The maximum Gasteiger partial charge on any atom is 0 e. The van der Waals surface area contributed by atoms with Crippen LogP contribution in [0.4, 0.5) is 11.5 Å². The van der Waals surface area contributed by atoms with Gasteiger partial charge in [-0.05, 0) is 0 Å². The second-order valence-electron chi connectivity index (χ2n) is 0.429. The van der Waals surface area contributed by atoms with E-state index in [1.54, 1.807) is 0 Å². The van der Waals surface area contributed by atoms with Gasteiger partial charge in [0.05, 0.1) is 0 Å². The summed E-state index contributed by atoms with van der Waals surface area (Å²) in [7, 11) is 0. The van der Waals surface area contributed by atoms with E-state index in [-0.39, 0.29) is 23.9 Å². The van der Waals surface area contributed by atoms with Gasteiger partial charge in [0.2, 0.25) is 0 Å². The van der Waals surface area contributed by atoms with Gasteiger partial charge in [-0.2, -0.15) is 0 Å².